The average molecular weight is 405 g/mol. The molecule has 0 saturated heterocycles. The largest absolute Gasteiger partial charge is 0.322 e. The Labute approximate surface area is 169 Å². The van der Waals surface area contributed by atoms with Crippen LogP contribution in [0.2, 0.25) is 0 Å². The van der Waals surface area contributed by atoms with Crippen molar-refractivity contribution >= 4 is 35.1 Å². The summed E-state index contributed by atoms with van der Waals surface area (Å²) in [6.45, 7) is 3.52. The van der Waals surface area contributed by atoms with E-state index in [9.17, 15) is 9.59 Å². The Morgan fingerprint density at radius 3 is 1.23 bits per heavy atom. The van der Waals surface area contributed by atoms with E-state index in [-0.39, 0.29) is 23.7 Å². The van der Waals surface area contributed by atoms with Crippen molar-refractivity contribution in [2.24, 2.45) is 11.5 Å². The van der Waals surface area contributed by atoms with E-state index in [1.807, 2.05) is 23.5 Å². The number of carbonyl (C=O) groups is 2. The van der Waals surface area contributed by atoms with Crippen molar-refractivity contribution < 1.29 is 9.59 Å². The van der Waals surface area contributed by atoms with Gasteiger partial charge in [0.1, 0.15) is 11.6 Å². The Balaban J connectivity index is 3.14. The van der Waals surface area contributed by atoms with Gasteiger partial charge in [0, 0.05) is 24.3 Å². The number of ketones is 2. The summed E-state index contributed by atoms with van der Waals surface area (Å²) >= 11 is 3.75. The van der Waals surface area contributed by atoms with E-state index in [1.165, 1.54) is 51.4 Å². The Hall–Kier alpha value is -0.0400. The van der Waals surface area contributed by atoms with Crippen LogP contribution in [0, 0.1) is 0 Å². The molecule has 0 aliphatic rings. The van der Waals surface area contributed by atoms with Crippen molar-refractivity contribution in [3.63, 3.8) is 0 Å². The van der Waals surface area contributed by atoms with Gasteiger partial charge >= 0.3 is 0 Å². The number of thioether (sulfide) groups is 2. The molecule has 0 rings (SSSR count). The minimum absolute atomic E-state index is 0.176. The van der Waals surface area contributed by atoms with Gasteiger partial charge in [0.15, 0.2) is 0 Å². The third-order valence-electron chi connectivity index (χ3n) is 4.33. The molecule has 2 atom stereocenters. The fourth-order valence-electron chi connectivity index (χ4n) is 2.47. The normalized spacial score (nSPS) is 13.5. The summed E-state index contributed by atoms with van der Waals surface area (Å²) in [6, 6.07) is -0.614. The third-order valence-corrected chi connectivity index (χ3v) is 6.47. The molecule has 0 amide bonds. The van der Waals surface area contributed by atoms with Crippen LogP contribution in [0.3, 0.4) is 0 Å². The Bertz CT molecular complexity index is 330. The monoisotopic (exact) mass is 404 g/mol. The molecule has 0 aliphatic heterocycles. The molecular formula is C20H40N2O2S2. The predicted molar refractivity (Wildman–Crippen MR) is 118 cm³/mol. The number of hydrogen-bond acceptors (Lipinski definition) is 6. The maximum absolute atomic E-state index is 11.4. The van der Waals surface area contributed by atoms with Gasteiger partial charge in [-0.25, -0.2) is 0 Å². The van der Waals surface area contributed by atoms with E-state index < -0.39 is 0 Å². The van der Waals surface area contributed by atoms with E-state index in [0.717, 1.165) is 23.0 Å². The third kappa shape index (κ3) is 17.4. The topological polar surface area (TPSA) is 86.2 Å². The maximum Gasteiger partial charge on any atom is 0.150 e. The molecule has 0 aromatic heterocycles. The van der Waals surface area contributed by atoms with Gasteiger partial charge in [0.2, 0.25) is 0 Å². The first kappa shape index (κ1) is 26.0. The predicted octanol–water partition coefficient (Wildman–Crippen LogP) is 4.19. The van der Waals surface area contributed by atoms with Gasteiger partial charge in [-0.2, -0.15) is 23.5 Å². The molecule has 0 heterocycles. The number of hydrogen-bond donors (Lipinski definition) is 2. The fourth-order valence-corrected chi connectivity index (χ4v) is 4.39. The van der Waals surface area contributed by atoms with E-state index in [4.69, 9.17) is 11.5 Å². The Morgan fingerprint density at radius 2 is 0.923 bits per heavy atom. The molecule has 4 N–H and O–H groups in total. The zero-order chi connectivity index (χ0) is 19.6. The molecule has 0 spiro atoms. The summed E-state index contributed by atoms with van der Waals surface area (Å²) in [5.74, 6) is 4.50. The van der Waals surface area contributed by atoms with E-state index >= 15 is 0 Å². The highest BCUT2D eigenvalue weighted by Gasteiger charge is 2.07. The van der Waals surface area contributed by atoms with Crippen molar-refractivity contribution in [3.8, 4) is 0 Å². The van der Waals surface area contributed by atoms with Crippen LogP contribution >= 0.6 is 23.5 Å². The minimum Gasteiger partial charge on any atom is -0.322 e. The summed E-state index contributed by atoms with van der Waals surface area (Å²) in [7, 11) is 0. The molecule has 0 bridgehead atoms. The van der Waals surface area contributed by atoms with Crippen LogP contribution in [0.25, 0.3) is 0 Å². The number of rotatable bonds is 19. The molecule has 6 heteroatoms. The lowest BCUT2D eigenvalue weighted by Gasteiger charge is -2.05. The molecule has 26 heavy (non-hydrogen) atoms. The second kappa shape index (κ2) is 18.3. The second-order valence-electron chi connectivity index (χ2n) is 7.06. The van der Waals surface area contributed by atoms with Gasteiger partial charge in [0.25, 0.3) is 0 Å². The van der Waals surface area contributed by atoms with Gasteiger partial charge in [-0.15, -0.1) is 0 Å². The van der Waals surface area contributed by atoms with E-state index in [1.54, 1.807) is 13.8 Å². The van der Waals surface area contributed by atoms with E-state index in [2.05, 4.69) is 0 Å². The highest BCUT2D eigenvalue weighted by molar-refractivity contribution is 7.99. The standard InChI is InChI=1S/C20H40N2O2S2/c1-17(21)19(23)11-15-25-13-9-7-5-3-4-6-8-10-14-26-16-12-20(24)18(2)22/h17-18H,3-16,21-22H2,1-2H3/t17-,18-/m0/s1. The maximum atomic E-state index is 11.4. The Morgan fingerprint density at radius 1 is 0.615 bits per heavy atom. The minimum atomic E-state index is -0.307. The molecule has 0 aliphatic carbocycles. The van der Waals surface area contributed by atoms with Crippen LogP contribution in [0.4, 0.5) is 0 Å². The molecule has 0 aromatic rings. The quantitative estimate of drug-likeness (QED) is 0.314. The lowest BCUT2D eigenvalue weighted by Crippen LogP contribution is -2.26. The van der Waals surface area contributed by atoms with Gasteiger partial charge in [-0.1, -0.05) is 38.5 Å². The van der Waals surface area contributed by atoms with Gasteiger partial charge in [-0.05, 0) is 38.2 Å². The van der Waals surface area contributed by atoms with Gasteiger partial charge in [-0.3, -0.25) is 9.59 Å². The molecule has 154 valence electrons. The first-order chi connectivity index (χ1) is 12.4. The van der Waals surface area contributed by atoms with Crippen LogP contribution in [-0.4, -0.2) is 46.7 Å². The molecular weight excluding hydrogens is 364 g/mol. The van der Waals surface area contributed by atoms with Crippen LogP contribution < -0.4 is 11.5 Å². The van der Waals surface area contributed by atoms with Crippen molar-refractivity contribution in [1.29, 1.82) is 0 Å². The first-order valence-corrected chi connectivity index (χ1v) is 12.5. The van der Waals surface area contributed by atoms with Crippen LogP contribution in [0.15, 0.2) is 0 Å². The van der Waals surface area contributed by atoms with Crippen molar-refractivity contribution in [2.75, 3.05) is 23.0 Å². The highest BCUT2D eigenvalue weighted by Crippen LogP contribution is 2.14. The van der Waals surface area contributed by atoms with Crippen molar-refractivity contribution in [1.82, 2.24) is 0 Å². The van der Waals surface area contributed by atoms with Crippen molar-refractivity contribution in [2.45, 2.75) is 90.1 Å². The van der Waals surface area contributed by atoms with Gasteiger partial charge in [0.05, 0.1) is 12.1 Å². The molecule has 0 radical (unpaired) electrons. The number of carbonyl (C=O) groups excluding carboxylic acids is 2. The van der Waals surface area contributed by atoms with Crippen LogP contribution in [0.1, 0.15) is 78.1 Å². The first-order valence-electron chi connectivity index (χ1n) is 10.2. The summed E-state index contributed by atoms with van der Waals surface area (Å²) in [5.41, 5.74) is 11.1. The van der Waals surface area contributed by atoms with Gasteiger partial charge < -0.3 is 11.5 Å². The summed E-state index contributed by atoms with van der Waals surface area (Å²) in [6.07, 6.45) is 11.7. The number of Topliss-reactive ketones (excluding diaryl/α,β-unsaturated/α-hetero) is 2. The van der Waals surface area contributed by atoms with Crippen LogP contribution in [-0.2, 0) is 9.59 Å². The number of nitrogens with two attached hydrogens (primary N) is 2. The highest BCUT2D eigenvalue weighted by atomic mass is 32.2. The summed E-state index contributed by atoms with van der Waals surface area (Å²) < 4.78 is 0. The number of unbranched alkanes of at least 4 members (excludes halogenated alkanes) is 7. The average Bonchev–Trinajstić information content (AvgIpc) is 2.60. The zero-order valence-corrected chi connectivity index (χ0v) is 18.5. The Kier molecular flexibility index (Phi) is 18.3. The molecule has 0 saturated carbocycles. The summed E-state index contributed by atoms with van der Waals surface area (Å²) in [4.78, 5) is 22.7. The van der Waals surface area contributed by atoms with E-state index in [0.29, 0.717) is 12.8 Å². The molecule has 0 aromatic carbocycles. The molecule has 4 nitrogen and oxygen atoms in total. The smallest absolute Gasteiger partial charge is 0.150 e. The fraction of sp³-hybridized carbons (Fsp3) is 0.900. The second-order valence-corrected chi connectivity index (χ2v) is 9.51. The summed E-state index contributed by atoms with van der Waals surface area (Å²) in [5, 5.41) is 0. The zero-order valence-electron chi connectivity index (χ0n) is 16.8. The van der Waals surface area contributed by atoms with Crippen LogP contribution in [0.5, 0.6) is 0 Å². The lowest BCUT2D eigenvalue weighted by atomic mass is 10.1. The van der Waals surface area contributed by atoms with Crippen molar-refractivity contribution in [3.05, 3.63) is 0 Å². The lowest BCUT2D eigenvalue weighted by molar-refractivity contribution is -0.120. The molecule has 0 fully saturated rings. The SMILES string of the molecule is C[C@H](N)C(=O)CCSCCCCCCCCCCSCCC(=O)[C@H](C)N. The molecule has 0 unspecified atom stereocenters.